The van der Waals surface area contributed by atoms with Gasteiger partial charge < -0.3 is 4.74 Å². The molecule has 0 aromatic heterocycles. The lowest BCUT2D eigenvalue weighted by Crippen LogP contribution is -2.15. The van der Waals surface area contributed by atoms with E-state index in [1.807, 2.05) is 24.3 Å². The third kappa shape index (κ3) is 3.37. The number of aryl methyl sites for hydroxylation is 4. The Balaban J connectivity index is 1.49. The van der Waals surface area contributed by atoms with Crippen molar-refractivity contribution in [2.75, 3.05) is 0 Å². The first-order valence-electron chi connectivity index (χ1n) is 9.21. The molecule has 2 aliphatic carbocycles. The second-order valence-corrected chi connectivity index (χ2v) is 7.06. The van der Waals surface area contributed by atoms with Crippen LogP contribution in [0.2, 0.25) is 0 Å². The Morgan fingerprint density at radius 3 is 1.44 bits per heavy atom. The first kappa shape index (κ1) is 16.1. The highest BCUT2D eigenvalue weighted by Crippen LogP contribution is 2.24. The first-order valence-corrected chi connectivity index (χ1v) is 9.21. The van der Waals surface area contributed by atoms with Crippen molar-refractivity contribution in [3.05, 3.63) is 69.8 Å². The van der Waals surface area contributed by atoms with E-state index in [0.29, 0.717) is 11.1 Å². The van der Waals surface area contributed by atoms with E-state index in [0.717, 1.165) is 38.5 Å². The molecular formula is C22H22O3. The molecule has 0 heterocycles. The van der Waals surface area contributed by atoms with Crippen LogP contribution in [0.4, 0.5) is 0 Å². The van der Waals surface area contributed by atoms with Crippen LogP contribution in [0.25, 0.3) is 0 Å². The number of benzene rings is 2. The molecule has 0 saturated heterocycles. The van der Waals surface area contributed by atoms with Crippen molar-refractivity contribution in [1.82, 2.24) is 0 Å². The van der Waals surface area contributed by atoms with E-state index in [1.54, 1.807) is 12.1 Å². The highest BCUT2D eigenvalue weighted by atomic mass is 16.6. The lowest BCUT2D eigenvalue weighted by Gasteiger charge is -2.17. The van der Waals surface area contributed by atoms with Crippen molar-refractivity contribution in [2.45, 2.75) is 51.4 Å². The van der Waals surface area contributed by atoms with Crippen molar-refractivity contribution < 1.29 is 14.3 Å². The maximum absolute atomic E-state index is 12.4. The zero-order valence-corrected chi connectivity index (χ0v) is 14.3. The molecule has 0 aliphatic heterocycles. The summed E-state index contributed by atoms with van der Waals surface area (Å²) in [6.07, 6.45) is 8.84. The zero-order valence-electron chi connectivity index (χ0n) is 14.3. The minimum absolute atomic E-state index is 0.465. The summed E-state index contributed by atoms with van der Waals surface area (Å²) in [5, 5.41) is 0. The summed E-state index contributed by atoms with van der Waals surface area (Å²) in [6, 6.07) is 11.3. The molecule has 3 nitrogen and oxygen atoms in total. The lowest BCUT2D eigenvalue weighted by atomic mass is 9.90. The van der Waals surface area contributed by atoms with E-state index in [1.165, 1.54) is 35.1 Å². The van der Waals surface area contributed by atoms with E-state index in [2.05, 4.69) is 0 Å². The van der Waals surface area contributed by atoms with Crippen molar-refractivity contribution in [3.8, 4) is 0 Å². The minimum atomic E-state index is -0.559. The Hall–Kier alpha value is -2.42. The molecule has 0 radical (unpaired) electrons. The molecule has 0 N–H and O–H groups in total. The van der Waals surface area contributed by atoms with Crippen LogP contribution < -0.4 is 0 Å². The highest BCUT2D eigenvalue weighted by Gasteiger charge is 2.19. The van der Waals surface area contributed by atoms with Gasteiger partial charge in [0, 0.05) is 0 Å². The molecule has 0 spiro atoms. The Morgan fingerprint density at radius 1 is 0.600 bits per heavy atom. The van der Waals surface area contributed by atoms with E-state index in [9.17, 15) is 9.59 Å². The summed E-state index contributed by atoms with van der Waals surface area (Å²) in [5.41, 5.74) is 5.97. The molecule has 0 fully saturated rings. The van der Waals surface area contributed by atoms with Gasteiger partial charge in [0.05, 0.1) is 11.1 Å². The number of hydrogen-bond acceptors (Lipinski definition) is 3. The fourth-order valence-corrected chi connectivity index (χ4v) is 3.92. The molecule has 0 amide bonds. The van der Waals surface area contributed by atoms with Crippen LogP contribution in [0.3, 0.4) is 0 Å². The normalized spacial score (nSPS) is 15.8. The van der Waals surface area contributed by atoms with Gasteiger partial charge in [0.1, 0.15) is 0 Å². The summed E-state index contributed by atoms with van der Waals surface area (Å²) in [5.74, 6) is -1.12. The molecule has 0 saturated carbocycles. The minimum Gasteiger partial charge on any atom is -0.386 e. The van der Waals surface area contributed by atoms with Gasteiger partial charge in [-0.3, -0.25) is 0 Å². The third-order valence-electron chi connectivity index (χ3n) is 5.35. The second kappa shape index (κ2) is 6.83. The number of fused-ring (bicyclic) bond motifs is 2. The average Bonchev–Trinajstić information content (AvgIpc) is 2.67. The van der Waals surface area contributed by atoms with E-state index < -0.39 is 11.9 Å². The Bertz CT molecular complexity index is 766. The van der Waals surface area contributed by atoms with Gasteiger partial charge in [0.15, 0.2) is 0 Å². The molecule has 2 aliphatic rings. The van der Waals surface area contributed by atoms with Gasteiger partial charge in [-0.1, -0.05) is 12.1 Å². The van der Waals surface area contributed by atoms with Crippen LogP contribution in [0, 0.1) is 0 Å². The summed E-state index contributed by atoms with van der Waals surface area (Å²) in [4.78, 5) is 24.7. The van der Waals surface area contributed by atoms with Gasteiger partial charge in [-0.15, -0.1) is 0 Å². The van der Waals surface area contributed by atoms with Crippen molar-refractivity contribution in [1.29, 1.82) is 0 Å². The number of hydrogen-bond donors (Lipinski definition) is 0. The maximum atomic E-state index is 12.4. The van der Waals surface area contributed by atoms with Crippen molar-refractivity contribution >= 4 is 11.9 Å². The van der Waals surface area contributed by atoms with E-state index in [4.69, 9.17) is 4.74 Å². The fourth-order valence-electron chi connectivity index (χ4n) is 3.92. The van der Waals surface area contributed by atoms with Gasteiger partial charge >= 0.3 is 11.9 Å². The van der Waals surface area contributed by atoms with Crippen molar-refractivity contribution in [2.24, 2.45) is 0 Å². The van der Waals surface area contributed by atoms with E-state index in [-0.39, 0.29) is 0 Å². The first-order chi connectivity index (χ1) is 12.2. The smallest absolute Gasteiger partial charge is 0.346 e. The topological polar surface area (TPSA) is 43.4 Å². The summed E-state index contributed by atoms with van der Waals surface area (Å²) in [6.45, 7) is 0. The van der Waals surface area contributed by atoms with Crippen LogP contribution >= 0.6 is 0 Å². The van der Waals surface area contributed by atoms with Crippen molar-refractivity contribution in [3.63, 3.8) is 0 Å². The van der Waals surface area contributed by atoms with Gasteiger partial charge in [0.25, 0.3) is 0 Å². The Kier molecular flexibility index (Phi) is 4.39. The standard InChI is InChI=1S/C22H22O3/c23-21(19-11-9-15-5-1-3-7-17(15)13-19)25-22(24)20-12-10-16-6-2-4-8-18(16)14-20/h9-14H,1-8H2. The molecule has 0 bridgehead atoms. The largest absolute Gasteiger partial charge is 0.386 e. The summed E-state index contributed by atoms with van der Waals surface area (Å²) in [7, 11) is 0. The van der Waals surface area contributed by atoms with Gasteiger partial charge in [-0.2, -0.15) is 0 Å². The van der Waals surface area contributed by atoms with Crippen LogP contribution in [0.15, 0.2) is 36.4 Å². The van der Waals surface area contributed by atoms with Crippen LogP contribution in [0.5, 0.6) is 0 Å². The molecule has 25 heavy (non-hydrogen) atoms. The molecule has 0 unspecified atom stereocenters. The zero-order chi connectivity index (χ0) is 17.2. The molecule has 0 atom stereocenters. The average molecular weight is 334 g/mol. The Morgan fingerprint density at radius 2 is 1.00 bits per heavy atom. The lowest BCUT2D eigenvalue weighted by molar-refractivity contribution is 0.0397. The number of carbonyl (C=O) groups excluding carboxylic acids is 2. The molecule has 128 valence electrons. The van der Waals surface area contributed by atoms with Crippen LogP contribution in [-0.4, -0.2) is 11.9 Å². The van der Waals surface area contributed by atoms with Gasteiger partial charge in [-0.05, 0) is 97.9 Å². The number of carbonyl (C=O) groups is 2. The quantitative estimate of drug-likeness (QED) is 0.602. The van der Waals surface area contributed by atoms with Gasteiger partial charge in [-0.25, -0.2) is 9.59 Å². The van der Waals surface area contributed by atoms with Crippen LogP contribution in [0.1, 0.15) is 68.7 Å². The molecule has 2 aromatic carbocycles. The highest BCUT2D eigenvalue weighted by molar-refractivity contribution is 6.02. The number of esters is 2. The number of ether oxygens (including phenoxy) is 1. The van der Waals surface area contributed by atoms with Crippen LogP contribution in [-0.2, 0) is 30.4 Å². The van der Waals surface area contributed by atoms with Gasteiger partial charge in [0.2, 0.25) is 0 Å². The second-order valence-electron chi connectivity index (χ2n) is 7.06. The third-order valence-corrected chi connectivity index (χ3v) is 5.35. The number of rotatable bonds is 2. The monoisotopic (exact) mass is 334 g/mol. The molecule has 2 aromatic rings. The molecule has 4 rings (SSSR count). The SMILES string of the molecule is O=C(OC(=O)c1ccc2c(c1)CCCC2)c1ccc2c(c1)CCCC2. The molecular weight excluding hydrogens is 312 g/mol. The summed E-state index contributed by atoms with van der Waals surface area (Å²) >= 11 is 0. The fraction of sp³-hybridized carbons (Fsp3) is 0.364. The van der Waals surface area contributed by atoms with E-state index >= 15 is 0 Å². The predicted octanol–water partition coefficient (Wildman–Crippen LogP) is 4.44. The maximum Gasteiger partial charge on any atom is 0.346 e. The summed E-state index contributed by atoms with van der Waals surface area (Å²) < 4.78 is 5.13. The Labute approximate surface area is 148 Å². The predicted molar refractivity (Wildman–Crippen MR) is 95.9 cm³/mol. The molecule has 3 heteroatoms.